The molecule has 0 spiro atoms. The topological polar surface area (TPSA) is 6.48 Å². The van der Waals surface area contributed by atoms with E-state index in [1.807, 2.05) is 0 Å². The summed E-state index contributed by atoms with van der Waals surface area (Å²) < 4.78 is 0. The van der Waals surface area contributed by atoms with Gasteiger partial charge in [-0.1, -0.05) is 13.8 Å². The van der Waals surface area contributed by atoms with Crippen LogP contribution >= 0.6 is 0 Å². The Morgan fingerprint density at radius 1 is 1.13 bits per heavy atom. The van der Waals surface area contributed by atoms with Gasteiger partial charge in [-0.3, -0.25) is 0 Å². The largest absolute Gasteiger partial charge is 0.301 e. The van der Waals surface area contributed by atoms with E-state index >= 15 is 0 Å². The minimum Gasteiger partial charge on any atom is -0.301 e. The van der Waals surface area contributed by atoms with Crippen molar-refractivity contribution in [1.82, 2.24) is 9.80 Å². The normalized spacial score (nSPS) is 19.3. The minimum absolute atomic E-state index is 0.790. The van der Waals surface area contributed by atoms with Crippen LogP contribution in [-0.2, 0) is 0 Å². The monoisotopic (exact) mass is 208 g/mol. The Labute approximate surface area is 94.6 Å². The van der Waals surface area contributed by atoms with Gasteiger partial charge in [-0.15, -0.1) is 12.3 Å². The molecular weight excluding hydrogens is 184 g/mol. The molecule has 0 saturated carbocycles. The van der Waals surface area contributed by atoms with Crippen LogP contribution < -0.4 is 0 Å². The highest BCUT2D eigenvalue weighted by molar-refractivity contribution is 4.84. The van der Waals surface area contributed by atoms with Crippen LogP contribution in [0.3, 0.4) is 0 Å². The molecule has 0 aliphatic carbocycles. The lowest BCUT2D eigenvalue weighted by molar-refractivity contribution is 0.122. The van der Waals surface area contributed by atoms with Crippen LogP contribution in [0.25, 0.3) is 0 Å². The fourth-order valence-electron chi connectivity index (χ4n) is 2.12. The average molecular weight is 208 g/mol. The van der Waals surface area contributed by atoms with Crippen LogP contribution in [0.5, 0.6) is 0 Å². The van der Waals surface area contributed by atoms with Crippen molar-refractivity contribution >= 4 is 0 Å². The summed E-state index contributed by atoms with van der Waals surface area (Å²) in [6, 6.07) is 0. The maximum Gasteiger partial charge on any atom is 0.0110 e. The van der Waals surface area contributed by atoms with Gasteiger partial charge in [-0.05, 0) is 18.9 Å². The number of terminal acetylenes is 1. The summed E-state index contributed by atoms with van der Waals surface area (Å²) >= 11 is 0. The quantitative estimate of drug-likeness (QED) is 0.501. The van der Waals surface area contributed by atoms with Gasteiger partial charge in [0, 0.05) is 39.1 Å². The highest BCUT2D eigenvalue weighted by Crippen LogP contribution is 2.06. The summed E-state index contributed by atoms with van der Waals surface area (Å²) in [5.74, 6) is 3.49. The van der Waals surface area contributed by atoms with Gasteiger partial charge in [0.15, 0.2) is 0 Å². The van der Waals surface area contributed by atoms with Crippen LogP contribution in [0.1, 0.15) is 26.7 Å². The van der Waals surface area contributed by atoms with E-state index in [1.54, 1.807) is 0 Å². The van der Waals surface area contributed by atoms with Gasteiger partial charge in [0.05, 0.1) is 0 Å². The first-order valence-corrected chi connectivity index (χ1v) is 6.10. The van der Waals surface area contributed by atoms with Crippen molar-refractivity contribution < 1.29 is 0 Å². The maximum atomic E-state index is 5.24. The Balaban J connectivity index is 2.10. The Morgan fingerprint density at radius 2 is 1.73 bits per heavy atom. The second kappa shape index (κ2) is 6.87. The van der Waals surface area contributed by atoms with E-state index in [4.69, 9.17) is 6.42 Å². The maximum absolute atomic E-state index is 5.24. The molecule has 0 amide bonds. The van der Waals surface area contributed by atoms with Crippen molar-refractivity contribution in [3.63, 3.8) is 0 Å². The summed E-state index contributed by atoms with van der Waals surface area (Å²) in [5, 5.41) is 0. The molecule has 1 aliphatic heterocycles. The van der Waals surface area contributed by atoms with Gasteiger partial charge < -0.3 is 9.80 Å². The van der Waals surface area contributed by atoms with E-state index in [2.05, 4.69) is 29.6 Å². The molecule has 0 bridgehead atoms. The number of unbranched alkanes of at least 4 members (excludes halogenated alkanes) is 1. The van der Waals surface area contributed by atoms with Crippen LogP contribution in [0.4, 0.5) is 0 Å². The average Bonchev–Trinajstić information content (AvgIpc) is 2.20. The van der Waals surface area contributed by atoms with Crippen molar-refractivity contribution in [2.75, 3.05) is 39.3 Å². The van der Waals surface area contributed by atoms with Gasteiger partial charge in [-0.2, -0.15) is 0 Å². The molecule has 0 aromatic carbocycles. The lowest BCUT2D eigenvalue weighted by Gasteiger charge is -2.35. The zero-order valence-electron chi connectivity index (χ0n) is 10.2. The van der Waals surface area contributed by atoms with Crippen molar-refractivity contribution in [1.29, 1.82) is 0 Å². The zero-order valence-corrected chi connectivity index (χ0v) is 10.2. The van der Waals surface area contributed by atoms with E-state index < -0.39 is 0 Å². The van der Waals surface area contributed by atoms with Crippen molar-refractivity contribution in [3.05, 3.63) is 0 Å². The van der Waals surface area contributed by atoms with Crippen LogP contribution in [0.2, 0.25) is 0 Å². The molecule has 0 N–H and O–H groups in total. The molecule has 0 atom stereocenters. The Kier molecular flexibility index (Phi) is 5.75. The van der Waals surface area contributed by atoms with Gasteiger partial charge in [0.1, 0.15) is 0 Å². The molecule has 1 fully saturated rings. The molecule has 2 nitrogen and oxygen atoms in total. The third-order valence-corrected chi connectivity index (χ3v) is 2.88. The summed E-state index contributed by atoms with van der Waals surface area (Å²) in [6.07, 6.45) is 7.32. The molecule has 0 aromatic heterocycles. The summed E-state index contributed by atoms with van der Waals surface area (Å²) in [5.41, 5.74) is 0. The predicted molar refractivity (Wildman–Crippen MR) is 65.8 cm³/mol. The van der Waals surface area contributed by atoms with E-state index in [-0.39, 0.29) is 0 Å². The van der Waals surface area contributed by atoms with E-state index in [0.717, 1.165) is 18.8 Å². The first kappa shape index (κ1) is 12.5. The summed E-state index contributed by atoms with van der Waals surface area (Å²) in [7, 11) is 0. The smallest absolute Gasteiger partial charge is 0.0110 e. The first-order valence-electron chi connectivity index (χ1n) is 6.10. The number of rotatable bonds is 5. The van der Waals surface area contributed by atoms with Crippen molar-refractivity contribution in [3.8, 4) is 12.3 Å². The van der Waals surface area contributed by atoms with Crippen molar-refractivity contribution in [2.24, 2.45) is 5.92 Å². The minimum atomic E-state index is 0.790. The number of piperazine rings is 1. The van der Waals surface area contributed by atoms with Crippen LogP contribution in [0.15, 0.2) is 0 Å². The van der Waals surface area contributed by atoms with Gasteiger partial charge in [-0.25, -0.2) is 0 Å². The standard InChI is InChI=1S/C13H24N2/c1-4-5-6-7-14-8-10-15(11-9-14)12-13(2)3/h1,13H,5-12H2,2-3H3. The Bertz CT molecular complexity index is 197. The summed E-state index contributed by atoms with van der Waals surface area (Å²) in [4.78, 5) is 5.11. The molecular formula is C13H24N2. The second-order valence-corrected chi connectivity index (χ2v) is 4.84. The molecule has 86 valence electrons. The predicted octanol–water partition coefficient (Wildman–Crippen LogP) is 1.67. The molecule has 0 aromatic rings. The highest BCUT2D eigenvalue weighted by atomic mass is 15.3. The second-order valence-electron chi connectivity index (χ2n) is 4.84. The molecule has 0 radical (unpaired) electrons. The van der Waals surface area contributed by atoms with E-state index in [9.17, 15) is 0 Å². The molecule has 1 saturated heterocycles. The highest BCUT2D eigenvalue weighted by Gasteiger charge is 2.16. The van der Waals surface area contributed by atoms with Gasteiger partial charge >= 0.3 is 0 Å². The molecule has 1 aliphatic rings. The lowest BCUT2D eigenvalue weighted by Crippen LogP contribution is -2.47. The Hall–Kier alpha value is -0.520. The third kappa shape index (κ3) is 5.20. The fraction of sp³-hybridized carbons (Fsp3) is 0.846. The van der Waals surface area contributed by atoms with Gasteiger partial charge in [0.2, 0.25) is 0 Å². The zero-order chi connectivity index (χ0) is 11.1. The molecule has 1 rings (SSSR count). The number of nitrogens with zero attached hydrogens (tertiary/aromatic N) is 2. The Morgan fingerprint density at radius 3 is 2.27 bits per heavy atom. The van der Waals surface area contributed by atoms with E-state index in [0.29, 0.717) is 0 Å². The van der Waals surface area contributed by atoms with Crippen molar-refractivity contribution in [2.45, 2.75) is 26.7 Å². The molecule has 1 heterocycles. The SMILES string of the molecule is C#CCCCN1CCN(CC(C)C)CC1. The van der Waals surface area contributed by atoms with Crippen LogP contribution in [-0.4, -0.2) is 49.1 Å². The fourth-order valence-corrected chi connectivity index (χ4v) is 2.12. The number of hydrogen-bond donors (Lipinski definition) is 0. The third-order valence-electron chi connectivity index (χ3n) is 2.88. The molecule has 0 unspecified atom stereocenters. The first-order chi connectivity index (χ1) is 7.22. The van der Waals surface area contributed by atoms with Crippen LogP contribution in [0, 0.1) is 18.3 Å². The van der Waals surface area contributed by atoms with Gasteiger partial charge in [0.25, 0.3) is 0 Å². The summed E-state index contributed by atoms with van der Waals surface area (Å²) in [6.45, 7) is 11.9. The van der Waals surface area contributed by atoms with E-state index in [1.165, 1.54) is 39.3 Å². The number of hydrogen-bond acceptors (Lipinski definition) is 2. The lowest BCUT2D eigenvalue weighted by atomic mass is 10.2. The molecule has 2 heteroatoms. The molecule has 15 heavy (non-hydrogen) atoms.